The quantitative estimate of drug-likeness (QED) is 0.436. The molecule has 0 spiro atoms. The molecule has 28 heavy (non-hydrogen) atoms. The molecule has 146 valence electrons. The number of thioether (sulfide) groups is 1. The normalized spacial score (nSPS) is 11.0. The van der Waals surface area contributed by atoms with E-state index in [-0.39, 0.29) is 6.54 Å². The molecular weight excluding hydrogens is 415 g/mol. The standard InChI is InChI=1S/C20H20Cl2N4OS/c1-13-6-8-16(9-7-13)26-17(11-23-19(27)18(21)22)24-25-20(26)28-12-15-5-3-4-14(2)10-15/h3-10,18H,11-12H2,1-2H3,(H,23,27). The predicted molar refractivity (Wildman–Crippen MR) is 114 cm³/mol. The van der Waals surface area contributed by atoms with E-state index in [0.717, 1.165) is 22.2 Å². The Bertz CT molecular complexity index is 957. The van der Waals surface area contributed by atoms with Crippen molar-refractivity contribution in [2.75, 3.05) is 0 Å². The predicted octanol–water partition coefficient (Wildman–Crippen LogP) is 4.60. The van der Waals surface area contributed by atoms with Crippen LogP contribution in [0.1, 0.15) is 22.5 Å². The third kappa shape index (κ3) is 5.28. The van der Waals surface area contributed by atoms with Crippen LogP contribution in [0, 0.1) is 13.8 Å². The van der Waals surface area contributed by atoms with Gasteiger partial charge in [0.2, 0.25) is 0 Å². The van der Waals surface area contributed by atoms with Crippen molar-refractivity contribution >= 4 is 40.9 Å². The molecule has 0 fully saturated rings. The van der Waals surface area contributed by atoms with Crippen LogP contribution in [-0.4, -0.2) is 25.5 Å². The number of carbonyl (C=O) groups excluding carboxylic acids is 1. The number of halogens is 2. The smallest absolute Gasteiger partial charge is 0.253 e. The molecule has 0 unspecified atom stereocenters. The number of rotatable bonds is 7. The lowest BCUT2D eigenvalue weighted by Gasteiger charge is -2.11. The van der Waals surface area contributed by atoms with Crippen molar-refractivity contribution in [1.29, 1.82) is 0 Å². The van der Waals surface area contributed by atoms with E-state index in [1.54, 1.807) is 11.8 Å². The molecule has 0 aliphatic rings. The average Bonchev–Trinajstić information content (AvgIpc) is 3.08. The summed E-state index contributed by atoms with van der Waals surface area (Å²) in [5.74, 6) is 0.914. The lowest BCUT2D eigenvalue weighted by Crippen LogP contribution is -2.29. The maximum Gasteiger partial charge on any atom is 0.253 e. The molecule has 1 aromatic heterocycles. The first-order chi connectivity index (χ1) is 13.4. The highest BCUT2D eigenvalue weighted by atomic mass is 35.5. The molecule has 5 nitrogen and oxygen atoms in total. The highest BCUT2D eigenvalue weighted by molar-refractivity contribution is 7.98. The van der Waals surface area contributed by atoms with Gasteiger partial charge in [-0.05, 0) is 31.5 Å². The number of amides is 1. The highest BCUT2D eigenvalue weighted by Crippen LogP contribution is 2.26. The molecule has 0 aliphatic heterocycles. The topological polar surface area (TPSA) is 59.8 Å². The molecule has 2 aromatic carbocycles. The van der Waals surface area contributed by atoms with Crippen molar-refractivity contribution in [2.24, 2.45) is 0 Å². The van der Waals surface area contributed by atoms with Gasteiger partial charge in [-0.1, -0.05) is 82.5 Å². The van der Waals surface area contributed by atoms with Crippen LogP contribution in [0.25, 0.3) is 5.69 Å². The highest BCUT2D eigenvalue weighted by Gasteiger charge is 2.17. The Morgan fingerprint density at radius 1 is 1.11 bits per heavy atom. The molecule has 0 atom stereocenters. The van der Waals surface area contributed by atoms with Crippen molar-refractivity contribution in [3.63, 3.8) is 0 Å². The van der Waals surface area contributed by atoms with Gasteiger partial charge in [0.25, 0.3) is 5.91 Å². The number of aryl methyl sites for hydroxylation is 2. The Morgan fingerprint density at radius 3 is 2.54 bits per heavy atom. The fraction of sp³-hybridized carbons (Fsp3) is 0.250. The average molecular weight is 435 g/mol. The number of alkyl halides is 2. The molecule has 0 saturated heterocycles. The number of benzene rings is 2. The monoisotopic (exact) mass is 434 g/mol. The van der Waals surface area contributed by atoms with E-state index in [1.807, 2.05) is 41.8 Å². The Morgan fingerprint density at radius 2 is 1.86 bits per heavy atom. The van der Waals surface area contributed by atoms with Crippen LogP contribution in [0.3, 0.4) is 0 Å². The zero-order valence-electron chi connectivity index (χ0n) is 15.5. The molecule has 0 saturated carbocycles. The molecule has 8 heteroatoms. The summed E-state index contributed by atoms with van der Waals surface area (Å²) in [4.78, 5) is 10.6. The second-order valence-corrected chi connectivity index (χ2v) is 8.40. The summed E-state index contributed by atoms with van der Waals surface area (Å²) >= 11 is 12.8. The number of hydrogen-bond acceptors (Lipinski definition) is 4. The fourth-order valence-corrected chi connectivity index (χ4v) is 3.72. The molecule has 0 bridgehead atoms. The van der Waals surface area contributed by atoms with E-state index < -0.39 is 10.7 Å². The van der Waals surface area contributed by atoms with Crippen molar-refractivity contribution in [3.8, 4) is 5.69 Å². The van der Waals surface area contributed by atoms with Gasteiger partial charge in [-0.25, -0.2) is 0 Å². The summed E-state index contributed by atoms with van der Waals surface area (Å²) in [5.41, 5.74) is 4.52. The van der Waals surface area contributed by atoms with E-state index in [9.17, 15) is 4.79 Å². The van der Waals surface area contributed by atoms with Crippen LogP contribution in [0.15, 0.2) is 53.7 Å². The van der Waals surface area contributed by atoms with Crippen LogP contribution >= 0.6 is 35.0 Å². The third-order valence-corrected chi connectivity index (χ3v) is 5.46. The van der Waals surface area contributed by atoms with Gasteiger partial charge in [0, 0.05) is 11.4 Å². The van der Waals surface area contributed by atoms with Gasteiger partial charge >= 0.3 is 0 Å². The SMILES string of the molecule is Cc1ccc(-n2c(CNC(=O)C(Cl)Cl)nnc2SCc2cccc(C)c2)cc1. The molecule has 1 N–H and O–H groups in total. The minimum Gasteiger partial charge on any atom is -0.346 e. The Labute approximate surface area is 178 Å². The summed E-state index contributed by atoms with van der Waals surface area (Å²) in [6.07, 6.45) is 0. The van der Waals surface area contributed by atoms with Gasteiger partial charge in [0.1, 0.15) is 0 Å². The van der Waals surface area contributed by atoms with Gasteiger partial charge in [-0.2, -0.15) is 0 Å². The molecule has 3 rings (SSSR count). The van der Waals surface area contributed by atoms with Gasteiger partial charge in [0.15, 0.2) is 15.8 Å². The summed E-state index contributed by atoms with van der Waals surface area (Å²) in [6, 6.07) is 16.4. The van der Waals surface area contributed by atoms with Gasteiger partial charge in [-0.3, -0.25) is 9.36 Å². The number of hydrogen-bond donors (Lipinski definition) is 1. The largest absolute Gasteiger partial charge is 0.346 e. The van der Waals surface area contributed by atoms with Gasteiger partial charge in [0.05, 0.1) is 6.54 Å². The summed E-state index contributed by atoms with van der Waals surface area (Å²) < 4.78 is 1.94. The van der Waals surface area contributed by atoms with Crippen LogP contribution in [-0.2, 0) is 17.1 Å². The number of nitrogens with zero attached hydrogens (tertiary/aromatic N) is 3. The first-order valence-corrected chi connectivity index (χ1v) is 10.6. The first-order valence-electron chi connectivity index (χ1n) is 8.69. The minimum atomic E-state index is -1.12. The second-order valence-electron chi connectivity index (χ2n) is 6.37. The van der Waals surface area contributed by atoms with E-state index in [0.29, 0.717) is 5.82 Å². The third-order valence-electron chi connectivity index (χ3n) is 4.06. The van der Waals surface area contributed by atoms with Crippen molar-refractivity contribution in [3.05, 3.63) is 71.0 Å². The van der Waals surface area contributed by atoms with E-state index in [4.69, 9.17) is 23.2 Å². The van der Waals surface area contributed by atoms with Crippen LogP contribution in [0.5, 0.6) is 0 Å². The Balaban J connectivity index is 1.86. The maximum absolute atomic E-state index is 11.7. The first kappa shape index (κ1) is 20.7. The van der Waals surface area contributed by atoms with Crippen molar-refractivity contribution in [1.82, 2.24) is 20.1 Å². The molecule has 3 aromatic rings. The second kappa shape index (κ2) is 9.45. The molecular formula is C20H20Cl2N4OS. The van der Waals surface area contributed by atoms with E-state index in [1.165, 1.54) is 11.1 Å². The fourth-order valence-electron chi connectivity index (χ4n) is 2.65. The van der Waals surface area contributed by atoms with E-state index >= 15 is 0 Å². The van der Waals surface area contributed by atoms with E-state index in [2.05, 4.69) is 40.6 Å². The van der Waals surface area contributed by atoms with Crippen LogP contribution in [0.2, 0.25) is 0 Å². The van der Waals surface area contributed by atoms with Gasteiger partial charge in [-0.15, -0.1) is 10.2 Å². The summed E-state index contributed by atoms with van der Waals surface area (Å²) in [6.45, 7) is 4.29. The zero-order valence-corrected chi connectivity index (χ0v) is 17.9. The van der Waals surface area contributed by atoms with Crippen molar-refractivity contribution in [2.45, 2.75) is 36.1 Å². The minimum absolute atomic E-state index is 0.181. The number of nitrogens with one attached hydrogen (secondary N) is 1. The summed E-state index contributed by atoms with van der Waals surface area (Å²) in [5, 5.41) is 12.0. The lowest BCUT2D eigenvalue weighted by atomic mass is 10.2. The Hall–Kier alpha value is -2.02. The Kier molecular flexibility index (Phi) is 6.99. The molecule has 0 aliphatic carbocycles. The number of aromatic nitrogens is 3. The van der Waals surface area contributed by atoms with Crippen LogP contribution < -0.4 is 5.32 Å². The lowest BCUT2D eigenvalue weighted by molar-refractivity contribution is -0.119. The maximum atomic E-state index is 11.7. The van der Waals surface area contributed by atoms with Crippen molar-refractivity contribution < 1.29 is 4.79 Å². The number of carbonyl (C=O) groups is 1. The van der Waals surface area contributed by atoms with Crippen LogP contribution in [0.4, 0.5) is 0 Å². The zero-order chi connectivity index (χ0) is 20.1. The molecule has 1 heterocycles. The van der Waals surface area contributed by atoms with Gasteiger partial charge < -0.3 is 5.32 Å². The summed E-state index contributed by atoms with van der Waals surface area (Å²) in [7, 11) is 0. The molecule has 0 radical (unpaired) electrons. The molecule has 1 amide bonds.